The summed E-state index contributed by atoms with van der Waals surface area (Å²) >= 11 is 6.13. The first-order valence-corrected chi connectivity index (χ1v) is 10.0. The Morgan fingerprint density at radius 3 is 2.68 bits per heavy atom. The van der Waals surface area contributed by atoms with Gasteiger partial charge in [0.2, 0.25) is 5.82 Å². The van der Waals surface area contributed by atoms with Gasteiger partial charge in [0.05, 0.1) is 16.1 Å². The van der Waals surface area contributed by atoms with E-state index in [-0.39, 0.29) is 5.82 Å². The average molecular weight is 399 g/mol. The van der Waals surface area contributed by atoms with Gasteiger partial charge in [-0.3, -0.25) is 4.98 Å². The van der Waals surface area contributed by atoms with Crippen LogP contribution in [-0.4, -0.2) is 30.6 Å². The molecule has 7 heteroatoms. The molecule has 28 heavy (non-hydrogen) atoms. The van der Waals surface area contributed by atoms with E-state index < -0.39 is 5.97 Å². The fourth-order valence-corrected chi connectivity index (χ4v) is 4.31. The molecule has 1 aliphatic rings. The van der Waals surface area contributed by atoms with E-state index in [1.807, 2.05) is 6.92 Å². The summed E-state index contributed by atoms with van der Waals surface area (Å²) in [6.45, 7) is 5.16. The third-order valence-corrected chi connectivity index (χ3v) is 5.86. The maximum absolute atomic E-state index is 11.6. The number of fused-ring (bicyclic) bond motifs is 1. The molecule has 3 aromatic rings. The quantitative estimate of drug-likeness (QED) is 0.670. The number of pyridine rings is 1. The minimum absolute atomic E-state index is 0.213. The van der Waals surface area contributed by atoms with Gasteiger partial charge in [0.15, 0.2) is 0 Å². The highest BCUT2D eigenvalue weighted by molar-refractivity contribution is 6.30. The Hall–Kier alpha value is -2.47. The Morgan fingerprint density at radius 2 is 2.00 bits per heavy atom. The summed E-state index contributed by atoms with van der Waals surface area (Å²) in [6, 6.07) is 1.76. The van der Waals surface area contributed by atoms with Gasteiger partial charge in [-0.15, -0.1) is 0 Å². The van der Waals surface area contributed by atoms with Gasteiger partial charge in [0.1, 0.15) is 5.69 Å². The van der Waals surface area contributed by atoms with Gasteiger partial charge in [-0.1, -0.05) is 31.4 Å². The van der Waals surface area contributed by atoms with Gasteiger partial charge < -0.3 is 9.67 Å². The zero-order chi connectivity index (χ0) is 19.8. The predicted octanol–water partition coefficient (Wildman–Crippen LogP) is 4.98. The molecule has 1 fully saturated rings. The smallest absolute Gasteiger partial charge is 0.373 e. The molecular weight excluding hydrogens is 376 g/mol. The number of rotatable bonds is 4. The Bertz CT molecular complexity index is 1040. The molecule has 6 nitrogen and oxygen atoms in total. The molecule has 1 N–H and O–H groups in total. The number of carboxylic acids is 1. The second kappa shape index (κ2) is 7.51. The fraction of sp³-hybridized carbons (Fsp3) is 0.429. The van der Waals surface area contributed by atoms with Crippen LogP contribution < -0.4 is 0 Å². The molecule has 0 amide bonds. The van der Waals surface area contributed by atoms with Crippen LogP contribution in [0.5, 0.6) is 0 Å². The molecule has 146 valence electrons. The third kappa shape index (κ3) is 3.61. The van der Waals surface area contributed by atoms with Crippen LogP contribution in [0.15, 0.2) is 24.7 Å². The van der Waals surface area contributed by atoms with Crippen molar-refractivity contribution in [2.24, 2.45) is 11.8 Å². The molecule has 3 heterocycles. The summed E-state index contributed by atoms with van der Waals surface area (Å²) in [5, 5.41) is 9.96. The molecule has 1 aliphatic carbocycles. The zero-order valence-electron chi connectivity index (χ0n) is 16.0. The standard InChI is InChI=1S/C21H23ClN4O2/c1-12-3-5-14(6-4-12)11-26-10-13(2)17-19(26)18(25-20(24-17)21(27)28)15-7-16(22)9-23-8-15/h7-10,12,14H,3-6,11H2,1-2H3,(H,27,28)/t12-,14-. The first-order chi connectivity index (χ1) is 13.4. The van der Waals surface area contributed by atoms with Crippen molar-refractivity contribution in [1.29, 1.82) is 0 Å². The third-order valence-electron chi connectivity index (χ3n) is 5.65. The van der Waals surface area contributed by atoms with Crippen LogP contribution in [0, 0.1) is 18.8 Å². The van der Waals surface area contributed by atoms with Gasteiger partial charge in [-0.05, 0) is 43.2 Å². The lowest BCUT2D eigenvalue weighted by Crippen LogP contribution is -2.17. The van der Waals surface area contributed by atoms with E-state index in [1.165, 1.54) is 25.7 Å². The molecule has 1 saturated carbocycles. The van der Waals surface area contributed by atoms with Crippen LogP contribution in [0.1, 0.15) is 48.8 Å². The lowest BCUT2D eigenvalue weighted by atomic mass is 9.83. The van der Waals surface area contributed by atoms with Crippen LogP contribution in [0.2, 0.25) is 5.02 Å². The van der Waals surface area contributed by atoms with E-state index in [0.29, 0.717) is 27.7 Å². The Balaban J connectivity index is 1.86. The van der Waals surface area contributed by atoms with Crippen molar-refractivity contribution in [1.82, 2.24) is 19.5 Å². The number of carbonyl (C=O) groups is 1. The molecule has 3 aromatic heterocycles. The highest BCUT2D eigenvalue weighted by atomic mass is 35.5. The molecule has 0 saturated heterocycles. The summed E-state index contributed by atoms with van der Waals surface area (Å²) in [4.78, 5) is 24.4. The molecule has 0 radical (unpaired) electrons. The highest BCUT2D eigenvalue weighted by Crippen LogP contribution is 2.34. The van der Waals surface area contributed by atoms with Gasteiger partial charge >= 0.3 is 5.97 Å². The van der Waals surface area contributed by atoms with Crippen LogP contribution in [0.25, 0.3) is 22.3 Å². The fourth-order valence-electron chi connectivity index (χ4n) is 4.13. The SMILES string of the molecule is Cc1cn(C[C@H]2CC[C@H](C)CC2)c2c(-c3cncc(Cl)c3)nc(C(=O)O)nc12. The lowest BCUT2D eigenvalue weighted by Gasteiger charge is -2.26. The molecule has 0 aliphatic heterocycles. The van der Waals surface area contributed by atoms with Crippen molar-refractivity contribution in [3.63, 3.8) is 0 Å². The van der Waals surface area contributed by atoms with Crippen molar-refractivity contribution < 1.29 is 9.90 Å². The van der Waals surface area contributed by atoms with Crippen molar-refractivity contribution >= 4 is 28.6 Å². The number of carboxylic acid groups (broad SMARTS) is 1. The van der Waals surface area contributed by atoms with Crippen molar-refractivity contribution in [2.75, 3.05) is 0 Å². The minimum atomic E-state index is -1.15. The van der Waals surface area contributed by atoms with Gasteiger partial charge in [-0.2, -0.15) is 0 Å². The van der Waals surface area contributed by atoms with Gasteiger partial charge in [0.25, 0.3) is 0 Å². The van der Waals surface area contributed by atoms with Crippen molar-refractivity contribution in [3.05, 3.63) is 41.1 Å². The first kappa shape index (κ1) is 18.9. The molecule has 0 atom stereocenters. The van der Waals surface area contributed by atoms with E-state index in [0.717, 1.165) is 23.5 Å². The molecule has 4 rings (SSSR count). The van der Waals surface area contributed by atoms with E-state index in [1.54, 1.807) is 18.5 Å². The van der Waals surface area contributed by atoms with Crippen LogP contribution >= 0.6 is 11.6 Å². The van der Waals surface area contributed by atoms with E-state index in [4.69, 9.17) is 11.6 Å². The molecule has 0 aromatic carbocycles. The Labute approximate surface area is 168 Å². The molecule has 0 spiro atoms. The summed E-state index contributed by atoms with van der Waals surface area (Å²) in [5.74, 6) is 0.0472. The van der Waals surface area contributed by atoms with Gasteiger partial charge in [-0.25, -0.2) is 14.8 Å². The Morgan fingerprint density at radius 1 is 1.25 bits per heavy atom. The second-order valence-electron chi connectivity index (χ2n) is 7.88. The zero-order valence-corrected chi connectivity index (χ0v) is 16.8. The van der Waals surface area contributed by atoms with Crippen LogP contribution in [-0.2, 0) is 6.54 Å². The van der Waals surface area contributed by atoms with E-state index in [9.17, 15) is 9.90 Å². The maximum atomic E-state index is 11.6. The number of hydrogen-bond donors (Lipinski definition) is 1. The molecule has 0 bridgehead atoms. The lowest BCUT2D eigenvalue weighted by molar-refractivity contribution is 0.0684. The normalized spacial score (nSPS) is 19.8. The number of halogens is 1. The topological polar surface area (TPSA) is 80.9 Å². The number of aromatic nitrogens is 4. The summed E-state index contributed by atoms with van der Waals surface area (Å²) in [5.41, 5.74) is 3.73. The summed E-state index contributed by atoms with van der Waals surface area (Å²) in [6.07, 6.45) is 10.2. The van der Waals surface area contributed by atoms with Gasteiger partial charge in [0, 0.05) is 30.7 Å². The first-order valence-electron chi connectivity index (χ1n) is 9.64. The number of aromatic carboxylic acids is 1. The highest BCUT2D eigenvalue weighted by Gasteiger charge is 2.23. The van der Waals surface area contributed by atoms with Crippen LogP contribution in [0.4, 0.5) is 0 Å². The van der Waals surface area contributed by atoms with E-state index in [2.05, 4.69) is 32.6 Å². The summed E-state index contributed by atoms with van der Waals surface area (Å²) in [7, 11) is 0. The second-order valence-corrected chi connectivity index (χ2v) is 8.32. The predicted molar refractivity (Wildman–Crippen MR) is 109 cm³/mol. The number of aryl methyl sites for hydroxylation is 1. The average Bonchev–Trinajstić information content (AvgIpc) is 2.98. The largest absolute Gasteiger partial charge is 0.475 e. The maximum Gasteiger partial charge on any atom is 0.373 e. The minimum Gasteiger partial charge on any atom is -0.475 e. The van der Waals surface area contributed by atoms with Crippen molar-refractivity contribution in [3.8, 4) is 11.3 Å². The Kier molecular flexibility index (Phi) is 5.06. The van der Waals surface area contributed by atoms with Crippen LogP contribution in [0.3, 0.4) is 0 Å². The number of hydrogen-bond acceptors (Lipinski definition) is 4. The van der Waals surface area contributed by atoms with E-state index >= 15 is 0 Å². The van der Waals surface area contributed by atoms with Crippen molar-refractivity contribution in [2.45, 2.75) is 46.1 Å². The molecular formula is C21H23ClN4O2. The monoisotopic (exact) mass is 398 g/mol. The molecule has 0 unspecified atom stereocenters. The number of nitrogens with zero attached hydrogens (tertiary/aromatic N) is 4. The summed E-state index contributed by atoms with van der Waals surface area (Å²) < 4.78 is 2.19.